The first-order valence-electron chi connectivity index (χ1n) is 7.97. The number of alkyl halides is 2. The summed E-state index contributed by atoms with van der Waals surface area (Å²) in [6, 6.07) is 0. The van der Waals surface area contributed by atoms with Gasteiger partial charge < -0.3 is 9.47 Å². The van der Waals surface area contributed by atoms with Crippen molar-refractivity contribution >= 4 is 35.1 Å². The second-order valence-corrected chi connectivity index (χ2v) is 4.16. The van der Waals surface area contributed by atoms with Crippen molar-refractivity contribution < 1.29 is 21.8 Å². The third-order valence-corrected chi connectivity index (χ3v) is 1.77. The molecule has 0 amide bonds. The van der Waals surface area contributed by atoms with Crippen molar-refractivity contribution in [3.63, 3.8) is 0 Å². The van der Waals surface area contributed by atoms with Crippen LogP contribution in [0.25, 0.3) is 0 Å². The van der Waals surface area contributed by atoms with E-state index in [0.717, 1.165) is 25.3 Å². The molecule has 0 aromatic heterocycles. The van der Waals surface area contributed by atoms with Gasteiger partial charge in [-0.1, -0.05) is 45.4 Å². The van der Waals surface area contributed by atoms with Crippen LogP contribution >= 0.6 is 23.2 Å². The van der Waals surface area contributed by atoms with E-state index < -0.39 is 11.3 Å². The van der Waals surface area contributed by atoms with Gasteiger partial charge in [-0.25, -0.2) is 9.59 Å². The van der Waals surface area contributed by atoms with Crippen LogP contribution in [0.1, 0.15) is 42.3 Å². The van der Waals surface area contributed by atoms with Crippen molar-refractivity contribution in [1.29, 1.82) is 0 Å². The van der Waals surface area contributed by atoms with Crippen LogP contribution in [-0.2, 0) is 19.1 Å². The highest BCUT2D eigenvalue weighted by Crippen LogP contribution is 1.88. The van der Waals surface area contributed by atoms with E-state index in [1.54, 1.807) is 0 Å². The number of carbonyl (C=O) groups is 2. The molecule has 0 aliphatic heterocycles. The molecule has 0 radical (unpaired) electrons. The number of allylic oxidation sites excluding steroid dienone is 2. The standard InChI is InChI=1S/C7H12O2.C5H10.C4H6O2.CH2Cl2/c1-3-4-5-6-7(8)9-2;1-3-5-4-2;1-3-4(5)6-2;2-1-3/h5-6H,3-4H2,1-2H3;3H,1,4-5H2,2H3;3H,1H2,2H3;1H2/b6-5+;;;/i;;;1D2. The Balaban J connectivity index is -0.000000122. The number of unbranched alkanes of at least 4 members (excludes halogenated alkanes) is 2. The molecule has 4 nitrogen and oxygen atoms in total. The normalized spacial score (nSPS) is 10.0. The summed E-state index contributed by atoms with van der Waals surface area (Å²) in [6.07, 6.45) is 10.7. The predicted octanol–water partition coefficient (Wildman–Crippen LogP) is 5.26. The van der Waals surface area contributed by atoms with Gasteiger partial charge in [-0.2, -0.15) is 0 Å². The zero-order chi connectivity index (χ0) is 20.7. The van der Waals surface area contributed by atoms with E-state index in [4.69, 9.17) is 2.74 Å². The summed E-state index contributed by atoms with van der Waals surface area (Å²) in [5.74, 6) is -0.668. The van der Waals surface area contributed by atoms with Crippen molar-refractivity contribution in [3.8, 4) is 0 Å². The lowest BCUT2D eigenvalue weighted by atomic mass is 10.3. The average Bonchev–Trinajstić information content (AvgIpc) is 2.54. The Bertz CT molecular complexity index is 362. The molecule has 0 saturated heterocycles. The summed E-state index contributed by atoms with van der Waals surface area (Å²) >= 11 is 9.26. The molecular weight excluding hydrogens is 339 g/mol. The van der Waals surface area contributed by atoms with E-state index in [1.807, 2.05) is 12.2 Å². The minimum Gasteiger partial charge on any atom is -0.466 e. The highest BCUT2D eigenvalue weighted by atomic mass is 35.5. The first kappa shape index (κ1) is 24.0. The van der Waals surface area contributed by atoms with Crippen LogP contribution in [0, 0.1) is 0 Å². The third kappa shape index (κ3) is 52.8. The molecule has 0 saturated carbocycles. The van der Waals surface area contributed by atoms with Gasteiger partial charge >= 0.3 is 11.9 Å². The minimum atomic E-state index is -2.06. The van der Waals surface area contributed by atoms with Gasteiger partial charge in [0.25, 0.3) is 0 Å². The van der Waals surface area contributed by atoms with Gasteiger partial charge in [0.1, 0.15) is 0 Å². The molecule has 23 heavy (non-hydrogen) atoms. The summed E-state index contributed by atoms with van der Waals surface area (Å²) < 4.78 is 20.8. The van der Waals surface area contributed by atoms with Crippen molar-refractivity contribution in [2.24, 2.45) is 0 Å². The van der Waals surface area contributed by atoms with Crippen LogP contribution < -0.4 is 0 Å². The summed E-state index contributed by atoms with van der Waals surface area (Å²) in [4.78, 5) is 20.2. The van der Waals surface area contributed by atoms with E-state index >= 15 is 0 Å². The zero-order valence-electron chi connectivity index (χ0n) is 16.4. The van der Waals surface area contributed by atoms with Crippen LogP contribution in [-0.4, -0.2) is 31.4 Å². The monoisotopic (exact) mass is 370 g/mol. The molecule has 0 rings (SSSR count). The highest BCUT2D eigenvalue weighted by molar-refractivity contribution is 6.40. The van der Waals surface area contributed by atoms with E-state index in [-0.39, 0.29) is 5.97 Å². The number of hydrogen-bond donors (Lipinski definition) is 0. The molecule has 0 fully saturated rings. The van der Waals surface area contributed by atoms with Gasteiger partial charge in [-0.3, -0.25) is 0 Å². The molecule has 0 atom stereocenters. The second kappa shape index (κ2) is 32.6. The molecule has 0 heterocycles. The maximum absolute atomic E-state index is 10.4. The fraction of sp³-hybridized carbons (Fsp3) is 0.529. The number of hydrogen-bond acceptors (Lipinski definition) is 4. The van der Waals surface area contributed by atoms with E-state index in [1.165, 1.54) is 26.7 Å². The average molecular weight is 371 g/mol. The first-order valence-corrected chi connectivity index (χ1v) is 7.72. The number of esters is 2. The van der Waals surface area contributed by atoms with Gasteiger partial charge in [0.15, 0.2) is 0 Å². The van der Waals surface area contributed by atoms with Gasteiger partial charge in [-0.05, 0) is 12.8 Å². The smallest absolute Gasteiger partial charge is 0.330 e. The van der Waals surface area contributed by atoms with Crippen molar-refractivity contribution in [1.82, 2.24) is 0 Å². The Morgan fingerprint density at radius 2 is 1.48 bits per heavy atom. The number of ether oxygens (including phenoxy) is 2. The summed E-state index contributed by atoms with van der Waals surface area (Å²) in [7, 11) is 2.68. The van der Waals surface area contributed by atoms with E-state index in [0.29, 0.717) is 0 Å². The van der Waals surface area contributed by atoms with E-state index in [2.05, 4.69) is 59.7 Å². The Kier molecular flexibility index (Phi) is 34.0. The van der Waals surface area contributed by atoms with Crippen LogP contribution in [0.4, 0.5) is 0 Å². The molecule has 0 bridgehead atoms. The molecule has 0 N–H and O–H groups in total. The molecule has 0 aliphatic carbocycles. The SMILES string of the molecule is C=CC(=O)OC.C=CCCC.CCC/C=C/C(=O)OC.[2H]C([2H])(Cl)Cl. The number of halogens is 2. The molecule has 0 aromatic carbocycles. The lowest BCUT2D eigenvalue weighted by molar-refractivity contribution is -0.135. The molecular formula is C17H30Cl2O4. The maximum atomic E-state index is 10.4. The Morgan fingerprint density at radius 3 is 1.65 bits per heavy atom. The van der Waals surface area contributed by atoms with Gasteiger partial charge in [0, 0.05) is 12.2 Å². The molecule has 0 aromatic rings. The molecule has 0 aliphatic rings. The topological polar surface area (TPSA) is 52.6 Å². The van der Waals surface area contributed by atoms with E-state index in [9.17, 15) is 9.59 Å². The fourth-order valence-corrected chi connectivity index (χ4v) is 0.702. The zero-order valence-corrected chi connectivity index (χ0v) is 16.0. The largest absolute Gasteiger partial charge is 0.466 e. The summed E-state index contributed by atoms with van der Waals surface area (Å²) in [5, 5.41) is -2.06. The quantitative estimate of drug-likeness (QED) is 0.277. The highest BCUT2D eigenvalue weighted by Gasteiger charge is 1.86. The van der Waals surface area contributed by atoms with Crippen LogP contribution in [0.5, 0.6) is 0 Å². The summed E-state index contributed by atoms with van der Waals surface area (Å²) in [6.45, 7) is 10.9. The molecule has 0 spiro atoms. The lowest BCUT2D eigenvalue weighted by Crippen LogP contribution is -1.92. The van der Waals surface area contributed by atoms with Crippen molar-refractivity contribution in [2.45, 2.75) is 39.5 Å². The van der Waals surface area contributed by atoms with Gasteiger partial charge in [0.05, 0.1) is 22.3 Å². The lowest BCUT2D eigenvalue weighted by Gasteiger charge is -1.87. The van der Waals surface area contributed by atoms with Crippen molar-refractivity contribution in [3.05, 3.63) is 37.5 Å². The Labute approximate surface area is 153 Å². The predicted molar refractivity (Wildman–Crippen MR) is 100.0 cm³/mol. The Hall–Kier alpha value is -1.26. The fourth-order valence-electron chi connectivity index (χ4n) is 0.702. The third-order valence-electron chi connectivity index (χ3n) is 1.77. The first-order chi connectivity index (χ1) is 11.5. The van der Waals surface area contributed by atoms with Crippen molar-refractivity contribution in [2.75, 3.05) is 19.5 Å². The van der Waals surface area contributed by atoms with Crippen LogP contribution in [0.3, 0.4) is 0 Å². The number of rotatable bonds is 6. The van der Waals surface area contributed by atoms with Gasteiger partial charge in [-0.15, -0.1) is 29.8 Å². The second-order valence-electron chi connectivity index (χ2n) is 3.59. The maximum Gasteiger partial charge on any atom is 0.330 e. The minimum absolute atomic E-state index is 0.275. The van der Waals surface area contributed by atoms with Crippen LogP contribution in [0.2, 0.25) is 0 Å². The van der Waals surface area contributed by atoms with Gasteiger partial charge in [0.2, 0.25) is 0 Å². The summed E-state index contributed by atoms with van der Waals surface area (Å²) in [5.41, 5.74) is 0. The molecule has 136 valence electrons. The van der Waals surface area contributed by atoms with Crippen LogP contribution in [0.15, 0.2) is 37.5 Å². The molecule has 6 heteroatoms. The number of carbonyl (C=O) groups excluding carboxylic acids is 2. The Morgan fingerprint density at radius 1 is 1.04 bits per heavy atom. The molecule has 0 unspecified atom stereocenters. The number of methoxy groups -OCH3 is 2.